The summed E-state index contributed by atoms with van der Waals surface area (Å²) in [6.07, 6.45) is 7.42. The number of rotatable bonds is 13. The molecule has 11 heteroatoms. The molecule has 1 aliphatic heterocycles. The van der Waals surface area contributed by atoms with E-state index in [1.54, 1.807) is 18.1 Å². The summed E-state index contributed by atoms with van der Waals surface area (Å²) in [5.74, 6) is -0.283. The number of ether oxygens (including phenoxy) is 1. The second-order valence-electron chi connectivity index (χ2n) is 9.63. The second-order valence-corrected chi connectivity index (χ2v) is 12.4. The van der Waals surface area contributed by atoms with Gasteiger partial charge in [0.1, 0.15) is 6.04 Å². The average molecular weight is 572 g/mol. The Hall–Kier alpha value is -2.70. The van der Waals surface area contributed by atoms with Crippen molar-refractivity contribution in [2.45, 2.75) is 30.5 Å². The van der Waals surface area contributed by atoms with E-state index in [9.17, 15) is 13.2 Å². The lowest BCUT2D eigenvalue weighted by Crippen LogP contribution is -2.60. The zero-order chi connectivity index (χ0) is 27.7. The smallest absolute Gasteiger partial charge is 0.239 e. The fraction of sp³-hybridized carbons (Fsp3) is 0.429. The molecule has 2 heterocycles. The van der Waals surface area contributed by atoms with E-state index in [4.69, 9.17) is 4.74 Å². The Labute approximate surface area is 235 Å². The van der Waals surface area contributed by atoms with Gasteiger partial charge >= 0.3 is 0 Å². The van der Waals surface area contributed by atoms with Crippen molar-refractivity contribution in [1.82, 2.24) is 24.1 Å². The standard InChI is InChI=1S/C28H37N5O4S2/c1-38-26-10-8-23(9-11-26)19-32-22-29-18-25(32)12-13-30-28(34)27-20-31(14-15-33(27)39(2,35)36)16-17-37-21-24-6-4-3-5-7-24/h3-11,18,22,27H,12-17,19-21H2,1-2H3,(H,30,34). The normalized spacial score (nSPS) is 16.8. The van der Waals surface area contributed by atoms with E-state index in [2.05, 4.69) is 50.3 Å². The molecule has 1 aromatic heterocycles. The molecule has 1 amide bonds. The molecular weight excluding hydrogens is 534 g/mol. The predicted octanol–water partition coefficient (Wildman–Crippen LogP) is 2.47. The number of benzene rings is 2. The lowest BCUT2D eigenvalue weighted by atomic mass is 10.2. The van der Waals surface area contributed by atoms with Crippen molar-refractivity contribution >= 4 is 27.7 Å². The number of sulfonamides is 1. The Kier molecular flexibility index (Phi) is 10.6. The Morgan fingerprint density at radius 1 is 1.10 bits per heavy atom. The SMILES string of the molecule is CSc1ccc(Cn2cncc2CCNC(=O)C2CN(CCOCc3ccccc3)CCN2S(C)(=O)=O)cc1. The molecule has 2 aromatic carbocycles. The van der Waals surface area contributed by atoms with Crippen LogP contribution >= 0.6 is 11.8 Å². The van der Waals surface area contributed by atoms with Crippen LogP contribution in [0.4, 0.5) is 0 Å². The van der Waals surface area contributed by atoms with Gasteiger partial charge < -0.3 is 14.6 Å². The lowest BCUT2D eigenvalue weighted by Gasteiger charge is -2.39. The van der Waals surface area contributed by atoms with E-state index in [-0.39, 0.29) is 12.5 Å². The molecule has 0 saturated carbocycles. The Morgan fingerprint density at radius 3 is 2.59 bits per heavy atom. The molecule has 4 rings (SSSR count). The van der Waals surface area contributed by atoms with Crippen LogP contribution < -0.4 is 5.32 Å². The van der Waals surface area contributed by atoms with Crippen molar-refractivity contribution in [2.75, 3.05) is 51.8 Å². The maximum absolute atomic E-state index is 13.2. The number of carbonyl (C=O) groups excluding carboxylic acids is 1. The summed E-state index contributed by atoms with van der Waals surface area (Å²) in [5, 5.41) is 2.96. The first-order valence-corrected chi connectivity index (χ1v) is 16.1. The number of carbonyl (C=O) groups is 1. The van der Waals surface area contributed by atoms with Crippen molar-refractivity contribution < 1.29 is 17.9 Å². The average Bonchev–Trinajstić information content (AvgIpc) is 3.38. The summed E-state index contributed by atoms with van der Waals surface area (Å²) in [6, 6.07) is 17.6. The number of piperazine rings is 1. The summed E-state index contributed by atoms with van der Waals surface area (Å²) in [7, 11) is -3.52. The van der Waals surface area contributed by atoms with Crippen LogP contribution in [-0.4, -0.2) is 91.0 Å². The van der Waals surface area contributed by atoms with Gasteiger partial charge in [0.2, 0.25) is 15.9 Å². The first kappa shape index (κ1) is 29.3. The molecular formula is C28H37N5O4S2. The van der Waals surface area contributed by atoms with E-state index < -0.39 is 16.1 Å². The number of imidazole rings is 1. The molecule has 1 N–H and O–H groups in total. The highest BCUT2D eigenvalue weighted by atomic mass is 32.2. The van der Waals surface area contributed by atoms with Gasteiger partial charge in [0, 0.05) is 62.5 Å². The Balaban J connectivity index is 1.28. The zero-order valence-electron chi connectivity index (χ0n) is 22.5. The Morgan fingerprint density at radius 2 is 1.87 bits per heavy atom. The highest BCUT2D eigenvalue weighted by Crippen LogP contribution is 2.17. The van der Waals surface area contributed by atoms with Crippen LogP contribution in [0, 0.1) is 0 Å². The molecule has 9 nitrogen and oxygen atoms in total. The van der Waals surface area contributed by atoms with E-state index >= 15 is 0 Å². The van der Waals surface area contributed by atoms with E-state index in [0.29, 0.717) is 52.4 Å². The molecule has 0 radical (unpaired) electrons. The maximum Gasteiger partial charge on any atom is 0.239 e. The number of nitrogens with zero attached hydrogens (tertiary/aromatic N) is 4. The van der Waals surface area contributed by atoms with Gasteiger partial charge in [-0.3, -0.25) is 9.69 Å². The van der Waals surface area contributed by atoms with Gasteiger partial charge in [0.15, 0.2) is 0 Å². The van der Waals surface area contributed by atoms with Crippen LogP contribution in [0.15, 0.2) is 72.0 Å². The van der Waals surface area contributed by atoms with E-state index in [1.807, 2.05) is 36.5 Å². The van der Waals surface area contributed by atoms with Gasteiger partial charge in [-0.05, 0) is 29.5 Å². The third-order valence-corrected chi connectivity index (χ3v) is 8.83. The molecule has 1 unspecified atom stereocenters. The number of thioether (sulfide) groups is 1. The van der Waals surface area contributed by atoms with Crippen LogP contribution in [0.2, 0.25) is 0 Å². The molecule has 0 bridgehead atoms. The quantitative estimate of drug-likeness (QED) is 0.249. The molecule has 0 aliphatic carbocycles. The van der Waals surface area contributed by atoms with Gasteiger partial charge in [-0.2, -0.15) is 4.31 Å². The minimum atomic E-state index is -3.52. The molecule has 1 fully saturated rings. The van der Waals surface area contributed by atoms with Crippen LogP contribution in [0.5, 0.6) is 0 Å². The zero-order valence-corrected chi connectivity index (χ0v) is 24.2. The van der Waals surface area contributed by atoms with Crippen molar-refractivity contribution in [3.63, 3.8) is 0 Å². The molecule has 1 aliphatic rings. The predicted molar refractivity (Wildman–Crippen MR) is 154 cm³/mol. The summed E-state index contributed by atoms with van der Waals surface area (Å²) in [4.78, 5) is 20.8. The van der Waals surface area contributed by atoms with Crippen LogP contribution in [0.25, 0.3) is 0 Å². The summed E-state index contributed by atoms with van der Waals surface area (Å²) < 4.78 is 34.1. The van der Waals surface area contributed by atoms with E-state index in [0.717, 1.165) is 17.5 Å². The third kappa shape index (κ3) is 8.64. The molecule has 3 aromatic rings. The second kappa shape index (κ2) is 14.1. The number of nitrogens with one attached hydrogen (secondary N) is 1. The van der Waals surface area contributed by atoms with Crippen LogP contribution in [0.1, 0.15) is 16.8 Å². The number of amides is 1. The minimum Gasteiger partial charge on any atom is -0.375 e. The number of aromatic nitrogens is 2. The Bertz CT molecular complexity index is 1300. The van der Waals surface area contributed by atoms with Gasteiger partial charge in [0.05, 0.1) is 25.8 Å². The fourth-order valence-corrected chi connectivity index (χ4v) is 6.10. The van der Waals surface area contributed by atoms with Gasteiger partial charge in [-0.1, -0.05) is 42.5 Å². The highest BCUT2D eigenvalue weighted by Gasteiger charge is 2.37. The molecule has 1 saturated heterocycles. The first-order valence-electron chi connectivity index (χ1n) is 13.0. The maximum atomic E-state index is 13.2. The summed E-state index contributed by atoms with van der Waals surface area (Å²) in [6.45, 7) is 3.91. The van der Waals surface area contributed by atoms with Gasteiger partial charge in [-0.25, -0.2) is 13.4 Å². The van der Waals surface area contributed by atoms with Crippen molar-refractivity contribution in [1.29, 1.82) is 0 Å². The number of hydrogen-bond donors (Lipinski definition) is 1. The minimum absolute atomic E-state index is 0.275. The fourth-order valence-electron chi connectivity index (χ4n) is 4.65. The largest absolute Gasteiger partial charge is 0.375 e. The van der Waals surface area contributed by atoms with Crippen molar-refractivity contribution in [3.05, 3.63) is 83.9 Å². The van der Waals surface area contributed by atoms with Crippen LogP contribution in [-0.2, 0) is 39.1 Å². The summed E-state index contributed by atoms with van der Waals surface area (Å²) in [5.41, 5.74) is 3.28. The van der Waals surface area contributed by atoms with Gasteiger partial charge in [0.25, 0.3) is 0 Å². The van der Waals surface area contributed by atoms with E-state index in [1.165, 1.54) is 14.8 Å². The van der Waals surface area contributed by atoms with Crippen molar-refractivity contribution in [3.8, 4) is 0 Å². The third-order valence-electron chi connectivity index (χ3n) is 6.80. The number of hydrogen-bond acceptors (Lipinski definition) is 7. The molecule has 0 spiro atoms. The topological polar surface area (TPSA) is 96.8 Å². The highest BCUT2D eigenvalue weighted by molar-refractivity contribution is 7.98. The van der Waals surface area contributed by atoms with Gasteiger partial charge in [-0.15, -0.1) is 11.8 Å². The first-order chi connectivity index (χ1) is 18.8. The van der Waals surface area contributed by atoms with Crippen molar-refractivity contribution in [2.24, 2.45) is 0 Å². The lowest BCUT2D eigenvalue weighted by molar-refractivity contribution is -0.126. The molecule has 39 heavy (non-hydrogen) atoms. The monoisotopic (exact) mass is 571 g/mol. The summed E-state index contributed by atoms with van der Waals surface area (Å²) >= 11 is 1.71. The van der Waals surface area contributed by atoms with Crippen LogP contribution in [0.3, 0.4) is 0 Å². The molecule has 1 atom stereocenters. The molecule has 210 valence electrons.